The number of hydrogen-bond acceptors (Lipinski definition) is 6. The monoisotopic (exact) mass is 288 g/mol. The molecule has 7 nitrogen and oxygen atoms in total. The Kier molecular flexibility index (Phi) is 3.13. The number of benzene rings is 1. The van der Waals surface area contributed by atoms with Crippen molar-refractivity contribution in [2.75, 3.05) is 18.6 Å². The van der Waals surface area contributed by atoms with Gasteiger partial charge in [0.2, 0.25) is 17.7 Å². The number of hydrogen-bond donors (Lipinski definition) is 1. The maximum absolute atomic E-state index is 12.1. The second-order valence-corrected chi connectivity index (χ2v) is 5.08. The van der Waals surface area contributed by atoms with Crippen LogP contribution in [0.5, 0.6) is 5.75 Å². The molecule has 1 aromatic carbocycles. The number of likely N-dealkylation sites (N-methyl/N-ethyl adjacent to an activating group) is 1. The molecule has 21 heavy (non-hydrogen) atoms. The van der Waals surface area contributed by atoms with E-state index in [1.807, 2.05) is 19.1 Å². The highest BCUT2D eigenvalue weighted by Gasteiger charge is 2.28. The molecule has 1 aromatic heterocycles. The third-order valence-corrected chi connectivity index (χ3v) is 3.49. The minimum absolute atomic E-state index is 0.161. The van der Waals surface area contributed by atoms with E-state index in [4.69, 9.17) is 14.9 Å². The molecule has 0 radical (unpaired) electrons. The molecule has 7 heteroatoms. The minimum Gasteiger partial charge on any atom is -0.489 e. The van der Waals surface area contributed by atoms with E-state index in [9.17, 15) is 4.79 Å². The number of nitrogens with zero attached hydrogens (tertiary/aromatic N) is 3. The van der Waals surface area contributed by atoms with Crippen molar-refractivity contribution in [1.29, 1.82) is 0 Å². The molecule has 1 unspecified atom stereocenters. The number of carbonyl (C=O) groups is 1. The summed E-state index contributed by atoms with van der Waals surface area (Å²) in [4.78, 5) is 13.6. The molecule has 0 saturated carbocycles. The van der Waals surface area contributed by atoms with Gasteiger partial charge in [0.25, 0.3) is 0 Å². The lowest BCUT2D eigenvalue weighted by Crippen LogP contribution is -2.43. The molecule has 0 aliphatic carbocycles. The molecule has 2 aromatic rings. The number of amides is 1. The van der Waals surface area contributed by atoms with Gasteiger partial charge in [0, 0.05) is 19.5 Å². The maximum Gasteiger partial charge on any atom is 0.248 e. The van der Waals surface area contributed by atoms with Crippen molar-refractivity contribution < 1.29 is 13.9 Å². The molecular formula is C14H16N4O3. The van der Waals surface area contributed by atoms with Gasteiger partial charge in [-0.1, -0.05) is 0 Å². The fourth-order valence-electron chi connectivity index (χ4n) is 2.30. The summed E-state index contributed by atoms with van der Waals surface area (Å²) in [5, 5.41) is 7.85. The maximum atomic E-state index is 12.1. The number of anilines is 1. The van der Waals surface area contributed by atoms with Crippen molar-refractivity contribution in [2.45, 2.75) is 19.9 Å². The zero-order chi connectivity index (χ0) is 15.1. The quantitative estimate of drug-likeness (QED) is 0.842. The molecule has 2 N–H and O–H groups in total. The summed E-state index contributed by atoms with van der Waals surface area (Å²) >= 11 is 0. The Labute approximate surface area is 121 Å². The van der Waals surface area contributed by atoms with Crippen LogP contribution in [-0.2, 0) is 4.79 Å². The average Bonchev–Trinajstić information content (AvgIpc) is 2.85. The first-order valence-electron chi connectivity index (χ1n) is 6.58. The smallest absolute Gasteiger partial charge is 0.248 e. The summed E-state index contributed by atoms with van der Waals surface area (Å²) in [7, 11) is 1.67. The van der Waals surface area contributed by atoms with Gasteiger partial charge in [-0.05, 0) is 24.6 Å². The molecule has 1 aliphatic heterocycles. The molecule has 0 fully saturated rings. The Balaban J connectivity index is 2.13. The van der Waals surface area contributed by atoms with Gasteiger partial charge in [0.05, 0.1) is 5.69 Å². The van der Waals surface area contributed by atoms with Crippen LogP contribution < -0.4 is 15.4 Å². The molecule has 3 rings (SSSR count). The van der Waals surface area contributed by atoms with Crippen LogP contribution in [0.4, 0.5) is 5.69 Å². The highest BCUT2D eigenvalue weighted by Crippen LogP contribution is 2.36. The first-order valence-corrected chi connectivity index (χ1v) is 6.58. The fraction of sp³-hybridized carbons (Fsp3) is 0.357. The van der Waals surface area contributed by atoms with Gasteiger partial charge in [-0.15, -0.1) is 10.2 Å². The predicted octanol–water partition coefficient (Wildman–Crippen LogP) is 1.04. The highest BCUT2D eigenvalue weighted by atomic mass is 16.5. The van der Waals surface area contributed by atoms with E-state index in [0.717, 1.165) is 11.1 Å². The van der Waals surface area contributed by atoms with Gasteiger partial charge in [-0.25, -0.2) is 0 Å². The summed E-state index contributed by atoms with van der Waals surface area (Å²) < 4.78 is 11.1. The normalized spacial score (nSPS) is 18.2. The Hall–Kier alpha value is -2.41. The van der Waals surface area contributed by atoms with Crippen LogP contribution in [0.3, 0.4) is 0 Å². The number of rotatable bonds is 1. The Morgan fingerprint density at radius 2 is 2.10 bits per heavy atom. The number of aromatic nitrogens is 2. The third kappa shape index (κ3) is 2.25. The summed E-state index contributed by atoms with van der Waals surface area (Å²) in [5.74, 6) is 1.34. The lowest BCUT2D eigenvalue weighted by atomic mass is 10.1. The third-order valence-electron chi connectivity index (χ3n) is 3.49. The van der Waals surface area contributed by atoms with Gasteiger partial charge in [0.1, 0.15) is 18.4 Å². The van der Waals surface area contributed by atoms with Gasteiger partial charge in [-0.2, -0.15) is 0 Å². The van der Waals surface area contributed by atoms with Crippen LogP contribution in [0.1, 0.15) is 11.5 Å². The second-order valence-electron chi connectivity index (χ2n) is 5.08. The Bertz CT molecular complexity index is 710. The number of fused-ring (bicyclic) bond motifs is 1. The molecule has 0 bridgehead atoms. The molecule has 1 atom stereocenters. The van der Waals surface area contributed by atoms with Gasteiger partial charge >= 0.3 is 0 Å². The van der Waals surface area contributed by atoms with Crippen LogP contribution in [0.15, 0.2) is 16.5 Å². The minimum atomic E-state index is -0.670. The first kappa shape index (κ1) is 13.6. The molecule has 0 saturated heterocycles. The van der Waals surface area contributed by atoms with Gasteiger partial charge in [-0.3, -0.25) is 4.79 Å². The standard InChI is InChI=1S/C14H16N4O3/c1-7-4-12-11(18(3)14(19)10(15)6-20-12)5-9(7)13-17-16-8(2)21-13/h4-5,10H,6,15H2,1-3H3. The van der Waals surface area contributed by atoms with E-state index < -0.39 is 6.04 Å². The summed E-state index contributed by atoms with van der Waals surface area (Å²) in [6.07, 6.45) is 0. The van der Waals surface area contributed by atoms with Gasteiger partial charge in [0.15, 0.2) is 0 Å². The van der Waals surface area contributed by atoms with Crippen LogP contribution in [0.2, 0.25) is 0 Å². The van der Waals surface area contributed by atoms with E-state index in [1.54, 1.807) is 14.0 Å². The van der Waals surface area contributed by atoms with E-state index in [1.165, 1.54) is 4.90 Å². The lowest BCUT2D eigenvalue weighted by molar-refractivity contribution is -0.119. The number of nitrogens with two attached hydrogens (primary N) is 1. The second kappa shape index (κ2) is 4.85. The van der Waals surface area contributed by atoms with Crippen LogP contribution in [0, 0.1) is 13.8 Å². The SMILES string of the molecule is Cc1nnc(-c2cc3c(cc2C)OCC(N)C(=O)N3C)o1. The Morgan fingerprint density at radius 1 is 1.33 bits per heavy atom. The van der Waals surface area contributed by atoms with E-state index in [-0.39, 0.29) is 12.5 Å². The van der Waals surface area contributed by atoms with Gasteiger partial charge < -0.3 is 19.8 Å². The summed E-state index contributed by atoms with van der Waals surface area (Å²) in [5.41, 5.74) is 8.12. The van der Waals surface area contributed by atoms with Crippen molar-refractivity contribution in [3.05, 3.63) is 23.6 Å². The average molecular weight is 288 g/mol. The largest absolute Gasteiger partial charge is 0.489 e. The van der Waals surface area contributed by atoms with Crippen molar-refractivity contribution in [3.63, 3.8) is 0 Å². The Morgan fingerprint density at radius 3 is 2.76 bits per heavy atom. The summed E-state index contributed by atoms with van der Waals surface area (Å²) in [6.45, 7) is 3.81. The number of aryl methyl sites for hydroxylation is 2. The molecule has 1 amide bonds. The number of ether oxygens (including phenoxy) is 1. The van der Waals surface area contributed by atoms with Crippen LogP contribution in [0.25, 0.3) is 11.5 Å². The predicted molar refractivity (Wildman–Crippen MR) is 76.1 cm³/mol. The van der Waals surface area contributed by atoms with Crippen LogP contribution in [-0.4, -0.2) is 35.8 Å². The van der Waals surface area contributed by atoms with Crippen molar-refractivity contribution in [3.8, 4) is 17.2 Å². The van der Waals surface area contributed by atoms with Crippen molar-refractivity contribution in [2.24, 2.45) is 5.73 Å². The lowest BCUT2D eigenvalue weighted by Gasteiger charge is -2.18. The zero-order valence-electron chi connectivity index (χ0n) is 12.1. The highest BCUT2D eigenvalue weighted by molar-refractivity contribution is 5.99. The van der Waals surface area contributed by atoms with E-state index in [0.29, 0.717) is 23.2 Å². The van der Waals surface area contributed by atoms with Crippen molar-refractivity contribution >= 4 is 11.6 Å². The van der Waals surface area contributed by atoms with E-state index in [2.05, 4.69) is 10.2 Å². The molecule has 0 spiro atoms. The van der Waals surface area contributed by atoms with Crippen LogP contribution >= 0.6 is 0 Å². The first-order chi connectivity index (χ1) is 9.97. The van der Waals surface area contributed by atoms with Crippen molar-refractivity contribution in [1.82, 2.24) is 10.2 Å². The fourth-order valence-corrected chi connectivity index (χ4v) is 2.30. The molecule has 1 aliphatic rings. The molecule has 2 heterocycles. The number of carbonyl (C=O) groups excluding carboxylic acids is 1. The summed E-state index contributed by atoms with van der Waals surface area (Å²) in [6, 6.07) is 3.00. The van der Waals surface area contributed by atoms with E-state index >= 15 is 0 Å². The molecule has 110 valence electrons. The molecular weight excluding hydrogens is 272 g/mol. The zero-order valence-corrected chi connectivity index (χ0v) is 12.1. The topological polar surface area (TPSA) is 94.5 Å².